The summed E-state index contributed by atoms with van der Waals surface area (Å²) in [6.45, 7) is 1.16. The van der Waals surface area contributed by atoms with Gasteiger partial charge in [0.05, 0.1) is 0 Å². The summed E-state index contributed by atoms with van der Waals surface area (Å²) in [5, 5.41) is 6.04. The molecule has 0 radical (unpaired) electrons. The van der Waals surface area contributed by atoms with Crippen molar-refractivity contribution < 1.29 is 14.4 Å². The van der Waals surface area contributed by atoms with Crippen LogP contribution in [0.1, 0.15) is 66.4 Å². The van der Waals surface area contributed by atoms with E-state index in [2.05, 4.69) is 16.7 Å². The van der Waals surface area contributed by atoms with Gasteiger partial charge in [-0.15, -0.1) is 0 Å². The van der Waals surface area contributed by atoms with Crippen molar-refractivity contribution >= 4 is 17.7 Å². The van der Waals surface area contributed by atoms with Gasteiger partial charge in [-0.25, -0.2) is 0 Å². The predicted molar refractivity (Wildman–Crippen MR) is 107 cm³/mol. The minimum absolute atomic E-state index is 0.112. The number of fused-ring (bicyclic) bond motifs is 1. The molecule has 2 saturated carbocycles. The maximum Gasteiger partial charge on any atom is 0.255 e. The molecule has 2 atom stereocenters. The predicted octanol–water partition coefficient (Wildman–Crippen LogP) is 1.20. The van der Waals surface area contributed by atoms with E-state index in [4.69, 9.17) is 5.73 Å². The fourth-order valence-corrected chi connectivity index (χ4v) is 5.42. The second-order valence-corrected chi connectivity index (χ2v) is 9.17. The summed E-state index contributed by atoms with van der Waals surface area (Å²) in [4.78, 5) is 38.2. The Balaban J connectivity index is 1.25. The number of benzene rings is 1. The minimum atomic E-state index is -0.564. The highest BCUT2D eigenvalue weighted by Gasteiger charge is 2.52. The van der Waals surface area contributed by atoms with Crippen molar-refractivity contribution in [2.75, 3.05) is 0 Å². The first kappa shape index (κ1) is 18.8. The molecule has 7 heteroatoms. The van der Waals surface area contributed by atoms with Gasteiger partial charge in [-0.05, 0) is 61.1 Å². The fourth-order valence-electron chi connectivity index (χ4n) is 5.42. The normalized spacial score (nSPS) is 33.8. The summed E-state index contributed by atoms with van der Waals surface area (Å²) < 4.78 is 0. The lowest BCUT2D eigenvalue weighted by atomic mass is 9.82. The summed E-state index contributed by atoms with van der Waals surface area (Å²) in [6.07, 6.45) is 6.58. The van der Waals surface area contributed by atoms with Crippen LogP contribution in [0.25, 0.3) is 0 Å². The lowest BCUT2D eigenvalue weighted by Gasteiger charge is -2.30. The molecule has 0 aromatic heterocycles. The third kappa shape index (κ3) is 3.26. The highest BCUT2D eigenvalue weighted by molar-refractivity contribution is 6.05. The van der Waals surface area contributed by atoms with E-state index in [-0.39, 0.29) is 24.1 Å². The Bertz CT molecular complexity index is 875. The zero-order chi connectivity index (χ0) is 20.2. The van der Waals surface area contributed by atoms with Crippen molar-refractivity contribution in [3.8, 4) is 0 Å². The van der Waals surface area contributed by atoms with Gasteiger partial charge in [0.2, 0.25) is 11.8 Å². The number of nitrogens with one attached hydrogen (secondary N) is 2. The minimum Gasteiger partial charge on any atom is -0.327 e. The molecular weight excluding hydrogens is 368 g/mol. The lowest BCUT2D eigenvalue weighted by molar-refractivity contribution is -0.136. The monoisotopic (exact) mass is 396 g/mol. The first-order valence-corrected chi connectivity index (χ1v) is 10.7. The summed E-state index contributed by atoms with van der Waals surface area (Å²) in [7, 11) is 0. The first-order chi connectivity index (χ1) is 14.0. The van der Waals surface area contributed by atoms with Crippen LogP contribution in [-0.2, 0) is 22.7 Å². The molecule has 29 heavy (non-hydrogen) atoms. The maximum absolute atomic E-state index is 12.9. The van der Waals surface area contributed by atoms with Crippen LogP contribution in [0.3, 0.4) is 0 Å². The molecule has 3 fully saturated rings. The van der Waals surface area contributed by atoms with Gasteiger partial charge in [0, 0.05) is 37.2 Å². The summed E-state index contributed by atoms with van der Waals surface area (Å²) in [5.41, 5.74) is 9.34. The zero-order valence-electron chi connectivity index (χ0n) is 16.6. The molecule has 1 saturated heterocycles. The summed E-state index contributed by atoms with van der Waals surface area (Å²) in [5.74, 6) is -0.739. The highest BCUT2D eigenvalue weighted by Crippen LogP contribution is 2.55. The Morgan fingerprint density at radius 2 is 1.93 bits per heavy atom. The van der Waals surface area contributed by atoms with E-state index in [0.717, 1.165) is 30.5 Å². The molecule has 2 aliphatic heterocycles. The number of imide groups is 1. The zero-order valence-corrected chi connectivity index (χ0v) is 16.6. The van der Waals surface area contributed by atoms with Crippen molar-refractivity contribution in [2.24, 2.45) is 11.1 Å². The van der Waals surface area contributed by atoms with Gasteiger partial charge in [-0.1, -0.05) is 12.1 Å². The van der Waals surface area contributed by atoms with Crippen molar-refractivity contribution in [1.82, 2.24) is 15.5 Å². The van der Waals surface area contributed by atoms with Gasteiger partial charge in [-0.2, -0.15) is 0 Å². The number of hydrogen-bond acceptors (Lipinski definition) is 5. The van der Waals surface area contributed by atoms with E-state index in [1.807, 2.05) is 12.1 Å². The second-order valence-electron chi connectivity index (χ2n) is 9.17. The van der Waals surface area contributed by atoms with Crippen molar-refractivity contribution in [3.63, 3.8) is 0 Å². The number of nitrogens with zero attached hydrogens (tertiary/aromatic N) is 1. The molecule has 5 rings (SSSR count). The molecule has 4 N–H and O–H groups in total. The van der Waals surface area contributed by atoms with Gasteiger partial charge >= 0.3 is 0 Å². The molecule has 2 aliphatic carbocycles. The van der Waals surface area contributed by atoms with Crippen LogP contribution in [0.2, 0.25) is 0 Å². The van der Waals surface area contributed by atoms with Crippen molar-refractivity contribution in [1.29, 1.82) is 0 Å². The molecule has 1 spiro atoms. The van der Waals surface area contributed by atoms with Gasteiger partial charge in [0.25, 0.3) is 5.91 Å². The number of hydrogen-bond donors (Lipinski definition) is 3. The van der Waals surface area contributed by atoms with E-state index in [1.165, 1.54) is 19.3 Å². The standard InChI is InChI=1S/C22H28N4O3/c23-18-10-22(18)8-6-14(7-9-22)24-11-13-2-1-3-15-16(13)12-26(21(15)29)17-4-5-19(27)25-20(17)28/h1-3,14,17-18,24H,4-12,23H2,(H,25,27,28). The molecule has 154 valence electrons. The number of rotatable bonds is 4. The van der Waals surface area contributed by atoms with E-state index in [0.29, 0.717) is 36.0 Å². The van der Waals surface area contributed by atoms with Gasteiger partial charge in [0.1, 0.15) is 6.04 Å². The number of amides is 3. The van der Waals surface area contributed by atoms with Crippen LogP contribution < -0.4 is 16.4 Å². The molecule has 4 aliphatic rings. The van der Waals surface area contributed by atoms with E-state index >= 15 is 0 Å². The molecule has 1 aromatic carbocycles. The van der Waals surface area contributed by atoms with Crippen LogP contribution in [0, 0.1) is 5.41 Å². The van der Waals surface area contributed by atoms with Crippen LogP contribution in [0.4, 0.5) is 0 Å². The third-order valence-corrected chi connectivity index (χ3v) is 7.49. The lowest BCUT2D eigenvalue weighted by Crippen LogP contribution is -2.52. The topological polar surface area (TPSA) is 105 Å². The number of piperidine rings is 1. The van der Waals surface area contributed by atoms with E-state index in [9.17, 15) is 14.4 Å². The Kier molecular flexibility index (Phi) is 4.47. The van der Waals surface area contributed by atoms with Gasteiger partial charge in [-0.3, -0.25) is 19.7 Å². The van der Waals surface area contributed by atoms with Crippen molar-refractivity contribution in [3.05, 3.63) is 34.9 Å². The Hall–Kier alpha value is -2.25. The second kappa shape index (κ2) is 6.92. The smallest absolute Gasteiger partial charge is 0.255 e. The Morgan fingerprint density at radius 3 is 2.62 bits per heavy atom. The van der Waals surface area contributed by atoms with Gasteiger partial charge < -0.3 is 16.0 Å². The molecule has 3 amide bonds. The molecule has 0 bridgehead atoms. The first-order valence-electron chi connectivity index (χ1n) is 10.7. The molecular formula is C22H28N4O3. The SMILES string of the molecule is NC1CC12CCC(NCc1cccc3c1CN(C1CCC(=O)NC1=O)C3=O)CC2. The van der Waals surface area contributed by atoms with E-state index < -0.39 is 6.04 Å². The summed E-state index contributed by atoms with van der Waals surface area (Å²) >= 11 is 0. The molecule has 1 aromatic rings. The highest BCUT2D eigenvalue weighted by atomic mass is 16.2. The fraction of sp³-hybridized carbons (Fsp3) is 0.591. The van der Waals surface area contributed by atoms with E-state index in [1.54, 1.807) is 4.90 Å². The van der Waals surface area contributed by atoms with Crippen LogP contribution in [0.5, 0.6) is 0 Å². The Morgan fingerprint density at radius 1 is 1.17 bits per heavy atom. The molecule has 2 unspecified atom stereocenters. The van der Waals surface area contributed by atoms with Gasteiger partial charge in [0.15, 0.2) is 0 Å². The average molecular weight is 396 g/mol. The van der Waals surface area contributed by atoms with Crippen LogP contribution in [0.15, 0.2) is 18.2 Å². The summed E-state index contributed by atoms with van der Waals surface area (Å²) in [6, 6.07) is 6.16. The largest absolute Gasteiger partial charge is 0.327 e. The number of carbonyl (C=O) groups is 3. The van der Waals surface area contributed by atoms with Crippen molar-refractivity contribution in [2.45, 2.75) is 76.2 Å². The number of nitrogens with two attached hydrogens (primary N) is 1. The van der Waals surface area contributed by atoms with Crippen LogP contribution >= 0.6 is 0 Å². The number of carbonyl (C=O) groups excluding carboxylic acids is 3. The van der Waals surface area contributed by atoms with Crippen LogP contribution in [-0.4, -0.2) is 40.7 Å². The maximum atomic E-state index is 12.9. The third-order valence-electron chi connectivity index (χ3n) is 7.49. The molecule has 7 nitrogen and oxygen atoms in total. The molecule has 2 heterocycles. The Labute approximate surface area is 170 Å². The average Bonchev–Trinajstić information content (AvgIpc) is 3.20. The quantitative estimate of drug-likeness (QED) is 0.664.